The Balaban J connectivity index is 3.71. The van der Waals surface area contributed by atoms with Crippen molar-refractivity contribution in [2.45, 2.75) is 39.4 Å². The van der Waals surface area contributed by atoms with Crippen LogP contribution >= 0.6 is 0 Å². The number of hydrogen-bond acceptors (Lipinski definition) is 1. The summed E-state index contributed by atoms with van der Waals surface area (Å²) in [5, 5.41) is 0. The molecule has 0 spiro atoms. The van der Waals surface area contributed by atoms with Gasteiger partial charge < -0.3 is 4.74 Å². The molecule has 1 nitrogen and oxygen atoms in total. The van der Waals surface area contributed by atoms with E-state index < -0.39 is 0 Å². The Kier molecular flexibility index (Phi) is 7.03. The molecule has 12 heavy (non-hydrogen) atoms. The fraction of sp³-hybridized carbons (Fsp3) is 0.800. The molecule has 0 aromatic carbocycles. The molecule has 0 saturated carbocycles. The first-order chi connectivity index (χ1) is 5.76. The van der Waals surface area contributed by atoms with Crippen LogP contribution in [0, 0.1) is 5.92 Å². The van der Waals surface area contributed by atoms with E-state index in [0.29, 0.717) is 5.92 Å². The molecule has 0 amide bonds. The van der Waals surface area contributed by atoms with Gasteiger partial charge in [-0.05, 0) is 19.8 Å². The summed E-state index contributed by atoms with van der Waals surface area (Å²) in [6.07, 6.45) is 4.02. The summed E-state index contributed by atoms with van der Waals surface area (Å²) in [6.45, 7) is 8.77. The van der Waals surface area contributed by atoms with E-state index >= 15 is 0 Å². The summed E-state index contributed by atoms with van der Waals surface area (Å²) in [6, 6.07) is 0. The monoisotopic (exact) mass is 166 g/mol. The molecule has 0 aliphatic carbocycles. The van der Waals surface area contributed by atoms with E-state index in [4.69, 9.17) is 12.6 Å². The molecule has 0 aromatic heterocycles. The van der Waals surface area contributed by atoms with Gasteiger partial charge in [0.15, 0.2) is 0 Å². The average molecular weight is 166 g/mol. The first-order valence-corrected chi connectivity index (χ1v) is 4.77. The molecule has 0 fully saturated rings. The van der Waals surface area contributed by atoms with E-state index in [2.05, 4.69) is 13.5 Å². The van der Waals surface area contributed by atoms with Gasteiger partial charge in [0.2, 0.25) is 0 Å². The van der Waals surface area contributed by atoms with Crippen molar-refractivity contribution in [3.63, 3.8) is 0 Å². The summed E-state index contributed by atoms with van der Waals surface area (Å²) in [5.41, 5.74) is 0. The maximum atomic E-state index is 5.44. The Morgan fingerprint density at radius 2 is 2.17 bits per heavy atom. The molecule has 1 atom stereocenters. The molecule has 1 unspecified atom stereocenters. The Morgan fingerprint density at radius 3 is 2.58 bits per heavy atom. The minimum absolute atomic E-state index is 0.494. The van der Waals surface area contributed by atoms with Crippen LogP contribution < -0.4 is 0 Å². The second-order valence-corrected chi connectivity index (χ2v) is 2.94. The van der Waals surface area contributed by atoms with E-state index in [9.17, 15) is 0 Å². The van der Waals surface area contributed by atoms with Crippen LogP contribution in [0.2, 0.25) is 6.32 Å². The van der Waals surface area contributed by atoms with Gasteiger partial charge in [-0.1, -0.05) is 26.2 Å². The maximum Gasteiger partial charge on any atom is 0.0918 e. The van der Waals surface area contributed by atoms with Crippen molar-refractivity contribution in [2.75, 3.05) is 6.61 Å². The second kappa shape index (κ2) is 7.26. The van der Waals surface area contributed by atoms with E-state index in [1.54, 1.807) is 0 Å². The summed E-state index contributed by atoms with van der Waals surface area (Å²) < 4.78 is 5.36. The molecule has 0 aliphatic rings. The Morgan fingerprint density at radius 1 is 1.50 bits per heavy atom. The maximum absolute atomic E-state index is 5.44. The van der Waals surface area contributed by atoms with Crippen molar-refractivity contribution in [1.82, 2.24) is 0 Å². The van der Waals surface area contributed by atoms with Crippen molar-refractivity contribution in [1.29, 1.82) is 0 Å². The van der Waals surface area contributed by atoms with Crippen LogP contribution in [0.4, 0.5) is 0 Å². The van der Waals surface area contributed by atoms with E-state index in [1.807, 2.05) is 6.92 Å². The van der Waals surface area contributed by atoms with Crippen LogP contribution in [0.25, 0.3) is 0 Å². The molecule has 0 saturated heterocycles. The lowest BCUT2D eigenvalue weighted by molar-refractivity contribution is 0.186. The highest BCUT2D eigenvalue weighted by Crippen LogP contribution is 2.20. The fourth-order valence-electron chi connectivity index (χ4n) is 1.26. The zero-order chi connectivity index (χ0) is 9.40. The molecule has 0 aromatic rings. The normalized spacial score (nSPS) is 12.5. The Bertz CT molecular complexity index is 123. The van der Waals surface area contributed by atoms with Gasteiger partial charge in [-0.2, -0.15) is 0 Å². The van der Waals surface area contributed by atoms with Crippen LogP contribution in [0.3, 0.4) is 0 Å². The van der Waals surface area contributed by atoms with Crippen molar-refractivity contribution in [2.24, 2.45) is 5.92 Å². The molecular weight excluding hydrogens is 147 g/mol. The lowest BCUT2D eigenvalue weighted by Gasteiger charge is -2.17. The average Bonchev–Trinajstić information content (AvgIpc) is 2.06. The number of rotatable bonds is 7. The van der Waals surface area contributed by atoms with Gasteiger partial charge in [0.25, 0.3) is 0 Å². The summed E-state index contributed by atoms with van der Waals surface area (Å²) in [7, 11) is 5.44. The highest BCUT2D eigenvalue weighted by molar-refractivity contribution is 6.08. The van der Waals surface area contributed by atoms with Crippen molar-refractivity contribution < 1.29 is 4.74 Å². The van der Waals surface area contributed by atoms with Crippen LogP contribution in [0.1, 0.15) is 33.1 Å². The SMILES string of the molecule is [B]CCCC(CC)C(=C)OCC. The minimum Gasteiger partial charge on any atom is -0.499 e. The summed E-state index contributed by atoms with van der Waals surface area (Å²) in [5.74, 6) is 1.42. The van der Waals surface area contributed by atoms with Crippen molar-refractivity contribution in [3.8, 4) is 0 Å². The van der Waals surface area contributed by atoms with Gasteiger partial charge >= 0.3 is 0 Å². The van der Waals surface area contributed by atoms with Crippen molar-refractivity contribution >= 4 is 7.85 Å². The molecule has 2 heteroatoms. The van der Waals surface area contributed by atoms with Gasteiger partial charge in [0.05, 0.1) is 20.2 Å². The number of ether oxygens (including phenoxy) is 1. The lowest BCUT2D eigenvalue weighted by atomic mass is 9.92. The third-order valence-corrected chi connectivity index (χ3v) is 2.03. The molecule has 2 radical (unpaired) electrons. The second-order valence-electron chi connectivity index (χ2n) is 2.94. The molecular formula is C10H19BO. The fourth-order valence-corrected chi connectivity index (χ4v) is 1.26. The molecule has 0 rings (SSSR count). The van der Waals surface area contributed by atoms with Gasteiger partial charge in [-0.15, -0.1) is 0 Å². The zero-order valence-electron chi connectivity index (χ0n) is 8.31. The number of allylic oxidation sites excluding steroid dienone is 1. The van der Waals surface area contributed by atoms with Gasteiger partial charge in [-0.25, -0.2) is 0 Å². The van der Waals surface area contributed by atoms with E-state index in [1.165, 1.54) is 0 Å². The zero-order valence-corrected chi connectivity index (χ0v) is 8.31. The standard InChI is InChI=1S/C10H19BO/c1-4-10(7-6-8-11)9(3)12-5-2/h10H,3-8H2,1-2H3. The van der Waals surface area contributed by atoms with Crippen LogP contribution in [-0.2, 0) is 4.74 Å². The Labute approximate surface area is 77.6 Å². The first-order valence-electron chi connectivity index (χ1n) is 4.77. The van der Waals surface area contributed by atoms with Crippen LogP contribution in [-0.4, -0.2) is 14.5 Å². The molecule has 68 valence electrons. The predicted octanol–water partition coefficient (Wildman–Crippen LogP) is 2.93. The van der Waals surface area contributed by atoms with Gasteiger partial charge in [-0.3, -0.25) is 0 Å². The van der Waals surface area contributed by atoms with Gasteiger partial charge in [0.1, 0.15) is 0 Å². The quantitative estimate of drug-likeness (QED) is 0.417. The topological polar surface area (TPSA) is 9.23 Å². The van der Waals surface area contributed by atoms with Gasteiger partial charge in [0, 0.05) is 5.92 Å². The summed E-state index contributed by atoms with van der Waals surface area (Å²) >= 11 is 0. The molecule has 0 bridgehead atoms. The van der Waals surface area contributed by atoms with Crippen LogP contribution in [0.15, 0.2) is 12.3 Å². The third kappa shape index (κ3) is 4.48. The highest BCUT2D eigenvalue weighted by atomic mass is 16.5. The Hall–Kier alpha value is -0.395. The summed E-state index contributed by atoms with van der Waals surface area (Å²) in [4.78, 5) is 0. The highest BCUT2D eigenvalue weighted by Gasteiger charge is 2.09. The molecule has 0 N–H and O–H groups in total. The lowest BCUT2D eigenvalue weighted by Crippen LogP contribution is -2.05. The first kappa shape index (κ1) is 11.6. The van der Waals surface area contributed by atoms with Crippen LogP contribution in [0.5, 0.6) is 0 Å². The smallest absolute Gasteiger partial charge is 0.0918 e. The van der Waals surface area contributed by atoms with Crippen molar-refractivity contribution in [3.05, 3.63) is 12.3 Å². The number of hydrogen-bond donors (Lipinski definition) is 0. The predicted molar refractivity (Wildman–Crippen MR) is 54.3 cm³/mol. The molecule has 0 aliphatic heterocycles. The van der Waals surface area contributed by atoms with E-state index in [0.717, 1.165) is 37.9 Å². The minimum atomic E-state index is 0.494. The largest absolute Gasteiger partial charge is 0.499 e. The third-order valence-electron chi connectivity index (χ3n) is 2.03. The molecule has 0 heterocycles. The van der Waals surface area contributed by atoms with E-state index in [-0.39, 0.29) is 0 Å².